The number of piperidine rings is 1. The molecule has 1 fully saturated rings. The van der Waals surface area contributed by atoms with Crippen molar-refractivity contribution in [3.05, 3.63) is 53.3 Å². The fourth-order valence-corrected chi connectivity index (χ4v) is 4.49. The van der Waals surface area contributed by atoms with Crippen LogP contribution in [0.4, 0.5) is 0 Å². The first-order chi connectivity index (χ1) is 15.8. The van der Waals surface area contributed by atoms with Gasteiger partial charge in [0.25, 0.3) is 11.8 Å². The zero-order valence-corrected chi connectivity index (χ0v) is 19.8. The van der Waals surface area contributed by atoms with Gasteiger partial charge < -0.3 is 14.4 Å². The zero-order chi connectivity index (χ0) is 23.8. The number of carbonyl (C=O) groups is 2. The molecule has 174 valence electrons. The van der Waals surface area contributed by atoms with E-state index in [1.165, 1.54) is 0 Å². The van der Waals surface area contributed by atoms with E-state index in [0.29, 0.717) is 48.8 Å². The van der Waals surface area contributed by atoms with Gasteiger partial charge in [0.2, 0.25) is 0 Å². The molecule has 2 aliphatic heterocycles. The molecule has 4 rings (SSSR count). The second-order valence-corrected chi connectivity index (χ2v) is 8.99. The highest BCUT2D eigenvalue weighted by Crippen LogP contribution is 2.37. The monoisotopic (exact) mass is 450 g/mol. The Bertz CT molecular complexity index is 1100. The van der Waals surface area contributed by atoms with Crippen molar-refractivity contribution in [3.63, 3.8) is 0 Å². The second kappa shape index (κ2) is 8.84. The number of amides is 2. The second-order valence-electron chi connectivity index (χ2n) is 8.99. The predicted molar refractivity (Wildman–Crippen MR) is 125 cm³/mol. The quantitative estimate of drug-likeness (QED) is 0.698. The highest BCUT2D eigenvalue weighted by Gasteiger charge is 2.47. The van der Waals surface area contributed by atoms with Crippen LogP contribution in [-0.4, -0.2) is 65.8 Å². The van der Waals surface area contributed by atoms with Crippen molar-refractivity contribution in [2.24, 2.45) is 10.5 Å². The Morgan fingerprint density at radius 2 is 1.79 bits per heavy atom. The van der Waals surface area contributed by atoms with Crippen molar-refractivity contribution >= 4 is 17.5 Å². The van der Waals surface area contributed by atoms with Gasteiger partial charge in [-0.25, -0.2) is 5.01 Å². The van der Waals surface area contributed by atoms with E-state index < -0.39 is 5.41 Å². The minimum absolute atomic E-state index is 0.0300. The molecule has 8 nitrogen and oxygen atoms in total. The number of aryl methyl sites for hydroxylation is 1. The van der Waals surface area contributed by atoms with Crippen LogP contribution in [0.25, 0.3) is 0 Å². The topological polar surface area (TPSA) is 84.3 Å². The average Bonchev–Trinajstić information content (AvgIpc) is 3.07. The van der Waals surface area contributed by atoms with Crippen LogP contribution in [0.2, 0.25) is 0 Å². The molecule has 0 radical (unpaired) electrons. The molecule has 1 aromatic carbocycles. The highest BCUT2D eigenvalue weighted by atomic mass is 16.5. The number of ether oxygens (including phenoxy) is 2. The van der Waals surface area contributed by atoms with Gasteiger partial charge >= 0.3 is 0 Å². The van der Waals surface area contributed by atoms with Crippen molar-refractivity contribution in [3.8, 4) is 11.5 Å². The number of nitrogens with zero attached hydrogens (tertiary/aromatic N) is 4. The third kappa shape index (κ3) is 4.05. The molecule has 0 bridgehead atoms. The number of benzene rings is 1. The third-order valence-corrected chi connectivity index (χ3v) is 6.51. The number of rotatable bonds is 5. The number of aromatic nitrogens is 1. The summed E-state index contributed by atoms with van der Waals surface area (Å²) in [5.41, 5.74) is 2.12. The molecule has 0 spiro atoms. The van der Waals surface area contributed by atoms with Crippen molar-refractivity contribution in [2.45, 2.75) is 39.7 Å². The lowest BCUT2D eigenvalue weighted by Crippen LogP contribution is -2.47. The van der Waals surface area contributed by atoms with Crippen LogP contribution in [0.1, 0.15) is 48.3 Å². The van der Waals surface area contributed by atoms with Gasteiger partial charge in [0.15, 0.2) is 11.5 Å². The summed E-state index contributed by atoms with van der Waals surface area (Å²) in [5, 5.41) is 6.40. The lowest BCUT2D eigenvalue weighted by atomic mass is 9.83. The van der Waals surface area contributed by atoms with Crippen molar-refractivity contribution < 1.29 is 19.1 Å². The smallest absolute Gasteiger partial charge is 0.272 e. The largest absolute Gasteiger partial charge is 0.493 e. The molecular weight excluding hydrogens is 420 g/mol. The molecule has 2 amide bonds. The lowest BCUT2D eigenvalue weighted by molar-refractivity contribution is -0.137. The standard InChI is InChI=1S/C25H30N4O4/c1-16-7-6-12-26-21(16)23(30)28-13-10-18(11-14-28)29-24(31)25(2,3)22(27-29)17-8-9-19(32-4)20(15-17)33-5/h6-9,12,15,18H,10-11,13-14H2,1-5H3. The van der Waals surface area contributed by atoms with Gasteiger partial charge in [0.1, 0.15) is 5.69 Å². The van der Waals surface area contributed by atoms with Crippen LogP contribution in [0.3, 0.4) is 0 Å². The molecule has 1 saturated heterocycles. The van der Waals surface area contributed by atoms with Crippen LogP contribution >= 0.6 is 0 Å². The zero-order valence-electron chi connectivity index (χ0n) is 19.8. The Morgan fingerprint density at radius 3 is 2.42 bits per heavy atom. The van der Waals surface area contributed by atoms with Gasteiger partial charge in [-0.05, 0) is 63.4 Å². The van der Waals surface area contributed by atoms with Crippen LogP contribution in [-0.2, 0) is 4.79 Å². The summed E-state index contributed by atoms with van der Waals surface area (Å²) in [6, 6.07) is 9.24. The van der Waals surface area contributed by atoms with Gasteiger partial charge in [0, 0.05) is 24.8 Å². The Kier molecular flexibility index (Phi) is 6.10. The Morgan fingerprint density at radius 1 is 1.09 bits per heavy atom. The average molecular weight is 451 g/mol. The molecule has 3 heterocycles. The fourth-order valence-electron chi connectivity index (χ4n) is 4.49. The van der Waals surface area contributed by atoms with Gasteiger partial charge in [-0.15, -0.1) is 0 Å². The molecule has 0 N–H and O–H groups in total. The number of pyridine rings is 1. The fraction of sp³-hybridized carbons (Fsp3) is 0.440. The molecule has 33 heavy (non-hydrogen) atoms. The summed E-state index contributed by atoms with van der Waals surface area (Å²) in [7, 11) is 3.17. The molecular formula is C25H30N4O4. The maximum Gasteiger partial charge on any atom is 0.272 e. The van der Waals surface area contributed by atoms with Gasteiger partial charge in [-0.3, -0.25) is 14.6 Å². The van der Waals surface area contributed by atoms with Gasteiger partial charge in [-0.2, -0.15) is 5.10 Å². The SMILES string of the molecule is COc1ccc(C2=NN(C3CCN(C(=O)c4ncccc4C)CC3)C(=O)C2(C)C)cc1OC. The van der Waals surface area contributed by atoms with Crippen LogP contribution in [0.15, 0.2) is 41.6 Å². The minimum Gasteiger partial charge on any atom is -0.493 e. The van der Waals surface area contributed by atoms with Crippen LogP contribution < -0.4 is 9.47 Å². The van der Waals surface area contributed by atoms with Crippen LogP contribution in [0.5, 0.6) is 11.5 Å². The normalized spacial score (nSPS) is 18.3. The van der Waals surface area contributed by atoms with E-state index in [0.717, 1.165) is 11.1 Å². The summed E-state index contributed by atoms with van der Waals surface area (Å²) in [4.78, 5) is 32.3. The van der Waals surface area contributed by atoms with Gasteiger partial charge in [-0.1, -0.05) is 6.07 Å². The molecule has 2 aromatic rings. The van der Waals surface area contributed by atoms with E-state index in [1.807, 2.05) is 56.0 Å². The number of likely N-dealkylation sites (tertiary alicyclic amines) is 1. The Labute approximate surface area is 194 Å². The van der Waals surface area contributed by atoms with E-state index in [1.54, 1.807) is 25.4 Å². The Hall–Kier alpha value is -3.42. The number of carbonyl (C=O) groups excluding carboxylic acids is 2. The molecule has 0 saturated carbocycles. The number of hydrogen-bond acceptors (Lipinski definition) is 6. The number of hydrazone groups is 1. The van der Waals surface area contributed by atoms with E-state index in [2.05, 4.69) is 4.98 Å². The predicted octanol–water partition coefficient (Wildman–Crippen LogP) is 3.28. The van der Waals surface area contributed by atoms with E-state index in [4.69, 9.17) is 14.6 Å². The molecule has 8 heteroatoms. The van der Waals surface area contributed by atoms with E-state index in [9.17, 15) is 9.59 Å². The Balaban J connectivity index is 1.52. The summed E-state index contributed by atoms with van der Waals surface area (Å²) >= 11 is 0. The lowest BCUT2D eigenvalue weighted by Gasteiger charge is -2.35. The van der Waals surface area contributed by atoms with E-state index >= 15 is 0 Å². The summed E-state index contributed by atoms with van der Waals surface area (Å²) < 4.78 is 10.8. The maximum absolute atomic E-state index is 13.3. The van der Waals surface area contributed by atoms with Crippen molar-refractivity contribution in [2.75, 3.05) is 27.3 Å². The van der Waals surface area contributed by atoms with E-state index in [-0.39, 0.29) is 17.9 Å². The third-order valence-electron chi connectivity index (χ3n) is 6.51. The van der Waals surface area contributed by atoms with Crippen LogP contribution in [0, 0.1) is 12.3 Å². The summed E-state index contributed by atoms with van der Waals surface area (Å²) in [6.07, 6.45) is 2.98. The first-order valence-electron chi connectivity index (χ1n) is 11.1. The minimum atomic E-state index is -0.766. The van der Waals surface area contributed by atoms with Crippen molar-refractivity contribution in [1.82, 2.24) is 14.9 Å². The number of hydrogen-bond donors (Lipinski definition) is 0. The summed E-state index contributed by atoms with van der Waals surface area (Å²) in [5.74, 6) is 1.13. The first-order valence-corrected chi connectivity index (χ1v) is 11.1. The first kappa shape index (κ1) is 22.8. The maximum atomic E-state index is 13.3. The molecule has 0 atom stereocenters. The highest BCUT2D eigenvalue weighted by molar-refractivity contribution is 6.19. The molecule has 2 aliphatic rings. The van der Waals surface area contributed by atoms with Crippen molar-refractivity contribution in [1.29, 1.82) is 0 Å². The van der Waals surface area contributed by atoms with Gasteiger partial charge in [0.05, 0.1) is 31.4 Å². The summed E-state index contributed by atoms with van der Waals surface area (Å²) in [6.45, 7) is 6.80. The molecule has 1 aromatic heterocycles. The molecule has 0 unspecified atom stereocenters. The molecule has 0 aliphatic carbocycles. The number of methoxy groups -OCH3 is 2.